The molecule has 2 aromatic rings. The molecule has 2 heterocycles. The first-order chi connectivity index (χ1) is 9.20. The second kappa shape index (κ2) is 5.01. The van der Waals surface area contributed by atoms with Crippen LogP contribution < -0.4 is 10.2 Å². The summed E-state index contributed by atoms with van der Waals surface area (Å²) in [6.45, 7) is 4.05. The molecule has 3 rings (SSSR count). The van der Waals surface area contributed by atoms with E-state index in [9.17, 15) is 0 Å². The Labute approximate surface area is 116 Å². The highest BCUT2D eigenvalue weighted by Crippen LogP contribution is 2.28. The van der Waals surface area contributed by atoms with Gasteiger partial charge in [0.15, 0.2) is 0 Å². The lowest BCUT2D eigenvalue weighted by atomic mass is 10.1. The van der Waals surface area contributed by atoms with Crippen LogP contribution in [0.1, 0.15) is 23.7 Å². The van der Waals surface area contributed by atoms with Gasteiger partial charge >= 0.3 is 0 Å². The summed E-state index contributed by atoms with van der Waals surface area (Å²) in [5, 5.41) is 7.01. The summed E-state index contributed by atoms with van der Waals surface area (Å²) in [4.78, 5) is 4.28. The summed E-state index contributed by atoms with van der Waals surface area (Å²) in [7, 11) is 0. The van der Waals surface area contributed by atoms with E-state index in [2.05, 4.69) is 28.5 Å². The van der Waals surface area contributed by atoms with E-state index in [0.29, 0.717) is 0 Å². The number of hydrazone groups is 1. The Morgan fingerprint density at radius 3 is 3.21 bits per heavy atom. The fourth-order valence-electron chi connectivity index (χ4n) is 2.09. The van der Waals surface area contributed by atoms with Gasteiger partial charge in [-0.15, -0.1) is 11.3 Å². The Balaban J connectivity index is 1.69. The molecule has 1 aliphatic rings. The second-order valence-electron chi connectivity index (χ2n) is 4.66. The molecule has 0 aliphatic carbocycles. The second-order valence-corrected chi connectivity index (χ2v) is 5.52. The van der Waals surface area contributed by atoms with Crippen molar-refractivity contribution in [1.82, 2.24) is 4.98 Å². The van der Waals surface area contributed by atoms with Gasteiger partial charge in [0.25, 0.3) is 0 Å². The molecule has 1 aromatic carbocycles. The molecule has 0 saturated heterocycles. The zero-order valence-corrected chi connectivity index (χ0v) is 11.7. The first-order valence-corrected chi connectivity index (χ1v) is 7.09. The van der Waals surface area contributed by atoms with E-state index in [1.54, 1.807) is 17.6 Å². The van der Waals surface area contributed by atoms with Gasteiger partial charge in [-0.3, -0.25) is 5.43 Å². The van der Waals surface area contributed by atoms with Crippen molar-refractivity contribution in [3.63, 3.8) is 0 Å². The number of thiazole rings is 1. The standard InChI is InChI=1S/C14H15N3OS/c1-9-8-19-14(16-9)17-15-7-11-3-4-13-12(6-11)5-10(2)18-13/h3-4,6-8,10H,5H2,1-2H3,(H,16,17). The summed E-state index contributed by atoms with van der Waals surface area (Å²) in [5.74, 6) is 0.994. The smallest absolute Gasteiger partial charge is 0.203 e. The van der Waals surface area contributed by atoms with Crippen molar-refractivity contribution in [3.05, 3.63) is 40.4 Å². The Kier molecular flexibility index (Phi) is 3.21. The highest BCUT2D eigenvalue weighted by molar-refractivity contribution is 7.13. The van der Waals surface area contributed by atoms with Crippen LogP contribution in [0.15, 0.2) is 28.7 Å². The fraction of sp³-hybridized carbons (Fsp3) is 0.286. The largest absolute Gasteiger partial charge is 0.490 e. The first kappa shape index (κ1) is 12.2. The van der Waals surface area contributed by atoms with E-state index in [0.717, 1.165) is 28.6 Å². The van der Waals surface area contributed by atoms with Gasteiger partial charge in [-0.05, 0) is 43.2 Å². The molecule has 0 bridgehead atoms. The lowest BCUT2D eigenvalue weighted by Gasteiger charge is -2.01. The monoisotopic (exact) mass is 273 g/mol. The number of hydrogen-bond acceptors (Lipinski definition) is 5. The summed E-state index contributed by atoms with van der Waals surface area (Å²) in [6.07, 6.45) is 3.05. The highest BCUT2D eigenvalue weighted by atomic mass is 32.1. The molecule has 0 amide bonds. The van der Waals surface area contributed by atoms with Crippen molar-refractivity contribution >= 4 is 22.7 Å². The van der Waals surface area contributed by atoms with Crippen LogP contribution >= 0.6 is 11.3 Å². The highest BCUT2D eigenvalue weighted by Gasteiger charge is 2.18. The molecule has 0 saturated carbocycles. The van der Waals surface area contributed by atoms with Gasteiger partial charge in [-0.1, -0.05) is 0 Å². The maximum Gasteiger partial charge on any atom is 0.203 e. The van der Waals surface area contributed by atoms with Crippen LogP contribution in [0.2, 0.25) is 0 Å². The van der Waals surface area contributed by atoms with Gasteiger partial charge in [0.05, 0.1) is 11.9 Å². The average Bonchev–Trinajstić information content (AvgIpc) is 2.94. The zero-order chi connectivity index (χ0) is 13.2. The lowest BCUT2D eigenvalue weighted by Crippen LogP contribution is -2.05. The molecule has 1 unspecified atom stereocenters. The molecule has 98 valence electrons. The molecule has 4 nitrogen and oxygen atoms in total. The minimum atomic E-state index is 0.276. The molecule has 1 aliphatic heterocycles. The van der Waals surface area contributed by atoms with Crippen LogP contribution in [0, 0.1) is 6.92 Å². The Bertz CT molecular complexity index is 621. The molecule has 19 heavy (non-hydrogen) atoms. The van der Waals surface area contributed by atoms with Crippen molar-refractivity contribution in [2.45, 2.75) is 26.4 Å². The van der Waals surface area contributed by atoms with Crippen LogP contribution in [0.25, 0.3) is 0 Å². The number of fused-ring (bicyclic) bond motifs is 1. The first-order valence-electron chi connectivity index (χ1n) is 6.21. The average molecular weight is 273 g/mol. The quantitative estimate of drug-likeness (QED) is 0.690. The predicted octanol–water partition coefficient (Wildman–Crippen LogP) is 3.22. The van der Waals surface area contributed by atoms with Crippen LogP contribution in [0.4, 0.5) is 5.13 Å². The molecular weight excluding hydrogens is 258 g/mol. The van der Waals surface area contributed by atoms with Crippen LogP contribution in [0.3, 0.4) is 0 Å². The van der Waals surface area contributed by atoms with Crippen molar-refractivity contribution < 1.29 is 4.74 Å². The predicted molar refractivity (Wildman–Crippen MR) is 78.3 cm³/mol. The molecule has 0 fully saturated rings. The van der Waals surface area contributed by atoms with Crippen LogP contribution in [-0.4, -0.2) is 17.3 Å². The normalized spacial score (nSPS) is 17.5. The summed E-state index contributed by atoms with van der Waals surface area (Å²) in [6, 6.07) is 6.14. The Morgan fingerprint density at radius 1 is 1.53 bits per heavy atom. The fourth-order valence-corrected chi connectivity index (χ4v) is 2.73. The van der Waals surface area contributed by atoms with Gasteiger partial charge in [0.1, 0.15) is 11.9 Å². The lowest BCUT2D eigenvalue weighted by molar-refractivity contribution is 0.254. The van der Waals surface area contributed by atoms with Gasteiger partial charge in [-0.2, -0.15) is 5.10 Å². The zero-order valence-electron chi connectivity index (χ0n) is 10.9. The summed E-state index contributed by atoms with van der Waals surface area (Å²) < 4.78 is 5.67. The molecule has 1 N–H and O–H groups in total. The molecule has 0 spiro atoms. The number of nitrogens with one attached hydrogen (secondary N) is 1. The van der Waals surface area contributed by atoms with Crippen molar-refractivity contribution in [1.29, 1.82) is 0 Å². The number of rotatable bonds is 3. The van der Waals surface area contributed by atoms with Gasteiger partial charge in [0, 0.05) is 11.8 Å². The van der Waals surface area contributed by atoms with E-state index in [1.807, 2.05) is 24.4 Å². The van der Waals surface area contributed by atoms with Crippen molar-refractivity contribution in [3.8, 4) is 5.75 Å². The third-order valence-corrected chi connectivity index (χ3v) is 3.78. The molecule has 5 heteroatoms. The Hall–Kier alpha value is -1.88. The topological polar surface area (TPSA) is 46.5 Å². The minimum Gasteiger partial charge on any atom is -0.490 e. The SMILES string of the molecule is Cc1csc(NN=Cc2ccc3c(c2)CC(C)O3)n1. The van der Waals surface area contributed by atoms with Gasteiger partial charge in [-0.25, -0.2) is 4.98 Å². The third kappa shape index (κ3) is 2.76. The van der Waals surface area contributed by atoms with E-state index in [4.69, 9.17) is 4.74 Å². The third-order valence-electron chi connectivity index (χ3n) is 2.91. The van der Waals surface area contributed by atoms with Crippen molar-refractivity contribution in [2.24, 2.45) is 5.10 Å². The van der Waals surface area contributed by atoms with E-state index in [-0.39, 0.29) is 6.10 Å². The van der Waals surface area contributed by atoms with E-state index >= 15 is 0 Å². The number of nitrogens with zero attached hydrogens (tertiary/aromatic N) is 2. The number of benzene rings is 1. The molecule has 1 atom stereocenters. The number of aryl methyl sites for hydroxylation is 1. The summed E-state index contributed by atoms with van der Waals surface area (Å²) >= 11 is 1.55. The van der Waals surface area contributed by atoms with Gasteiger partial charge in [0.2, 0.25) is 5.13 Å². The minimum absolute atomic E-state index is 0.276. The molecule has 1 aromatic heterocycles. The van der Waals surface area contributed by atoms with Crippen LogP contribution in [0.5, 0.6) is 5.75 Å². The number of hydrogen-bond donors (Lipinski definition) is 1. The van der Waals surface area contributed by atoms with E-state index in [1.165, 1.54) is 5.56 Å². The maximum atomic E-state index is 5.67. The molecular formula is C14H15N3OS. The number of aromatic nitrogens is 1. The Morgan fingerprint density at radius 2 is 2.42 bits per heavy atom. The van der Waals surface area contributed by atoms with Crippen LogP contribution in [-0.2, 0) is 6.42 Å². The maximum absolute atomic E-state index is 5.67. The number of ether oxygens (including phenoxy) is 1. The summed E-state index contributed by atoms with van der Waals surface area (Å²) in [5.41, 5.74) is 6.26. The number of anilines is 1. The van der Waals surface area contributed by atoms with Crippen molar-refractivity contribution in [2.75, 3.05) is 5.43 Å². The molecule has 0 radical (unpaired) electrons. The van der Waals surface area contributed by atoms with Gasteiger partial charge < -0.3 is 4.74 Å². The van der Waals surface area contributed by atoms with E-state index < -0.39 is 0 Å².